The standard InChI is InChI=1S/C8H13NO2/c1-9-6-2-3-7(10)8(9,11)5-4-6/h6,11H,2-5H2,1H3/t6-,8+/m1/s1. The summed E-state index contributed by atoms with van der Waals surface area (Å²) in [5.41, 5.74) is -1.09. The van der Waals surface area contributed by atoms with Gasteiger partial charge in [-0.25, -0.2) is 0 Å². The van der Waals surface area contributed by atoms with E-state index in [1.54, 1.807) is 0 Å². The Kier molecular flexibility index (Phi) is 1.35. The topological polar surface area (TPSA) is 40.5 Å². The van der Waals surface area contributed by atoms with E-state index in [9.17, 15) is 9.90 Å². The van der Waals surface area contributed by atoms with Crippen LogP contribution in [0.1, 0.15) is 25.7 Å². The van der Waals surface area contributed by atoms with Crippen LogP contribution in [0, 0.1) is 0 Å². The third kappa shape index (κ3) is 0.781. The van der Waals surface area contributed by atoms with Crippen LogP contribution in [0.15, 0.2) is 0 Å². The van der Waals surface area contributed by atoms with Crippen molar-refractivity contribution in [1.29, 1.82) is 0 Å². The van der Waals surface area contributed by atoms with Gasteiger partial charge in [-0.05, 0) is 26.3 Å². The highest BCUT2D eigenvalue weighted by molar-refractivity contribution is 5.88. The summed E-state index contributed by atoms with van der Waals surface area (Å²) in [6.07, 6.45) is 3.09. The summed E-state index contributed by atoms with van der Waals surface area (Å²) in [5.74, 6) is 0.00810. The third-order valence-electron chi connectivity index (χ3n) is 3.11. The first-order valence-electron chi connectivity index (χ1n) is 4.13. The number of piperidine rings is 1. The van der Waals surface area contributed by atoms with E-state index in [1.165, 1.54) is 0 Å². The van der Waals surface area contributed by atoms with Gasteiger partial charge in [-0.15, -0.1) is 0 Å². The first-order chi connectivity index (χ1) is 5.14. The quantitative estimate of drug-likeness (QED) is 0.540. The second-order valence-corrected chi connectivity index (χ2v) is 3.58. The summed E-state index contributed by atoms with van der Waals surface area (Å²) >= 11 is 0. The molecule has 2 aliphatic heterocycles. The fourth-order valence-corrected chi connectivity index (χ4v) is 2.21. The molecule has 0 saturated carbocycles. The average Bonchev–Trinajstić information content (AvgIpc) is 2.16. The van der Waals surface area contributed by atoms with Gasteiger partial charge in [0.25, 0.3) is 0 Å². The zero-order valence-corrected chi connectivity index (χ0v) is 6.71. The number of hydrogen-bond donors (Lipinski definition) is 1. The molecule has 0 aromatic heterocycles. The number of carbonyl (C=O) groups excluding carboxylic acids is 1. The van der Waals surface area contributed by atoms with Crippen molar-refractivity contribution in [2.24, 2.45) is 0 Å². The summed E-state index contributed by atoms with van der Waals surface area (Å²) < 4.78 is 0. The van der Waals surface area contributed by atoms with Crippen LogP contribution in [0.5, 0.6) is 0 Å². The highest BCUT2D eigenvalue weighted by Gasteiger charge is 2.50. The lowest BCUT2D eigenvalue weighted by atomic mass is 9.99. The first-order valence-corrected chi connectivity index (χ1v) is 4.13. The minimum atomic E-state index is -1.09. The van der Waals surface area contributed by atoms with E-state index in [4.69, 9.17) is 0 Å². The normalized spacial score (nSPS) is 44.9. The van der Waals surface area contributed by atoms with Crippen LogP contribution < -0.4 is 0 Å². The molecular formula is C8H13NO2. The van der Waals surface area contributed by atoms with Crippen LogP contribution in [0.3, 0.4) is 0 Å². The molecule has 2 atom stereocenters. The van der Waals surface area contributed by atoms with Crippen molar-refractivity contribution in [2.75, 3.05) is 7.05 Å². The maximum absolute atomic E-state index is 11.3. The molecule has 0 unspecified atom stereocenters. The van der Waals surface area contributed by atoms with Gasteiger partial charge in [0.15, 0.2) is 11.5 Å². The predicted octanol–water partition coefficient (Wildman–Crippen LogP) is 0.132. The second kappa shape index (κ2) is 2.05. The van der Waals surface area contributed by atoms with Gasteiger partial charge in [-0.2, -0.15) is 0 Å². The number of hydrogen-bond acceptors (Lipinski definition) is 3. The summed E-state index contributed by atoms with van der Waals surface area (Å²) in [6.45, 7) is 0. The molecule has 0 aromatic carbocycles. The fourth-order valence-electron chi connectivity index (χ4n) is 2.21. The number of aliphatic hydroxyl groups is 1. The Bertz CT molecular complexity index is 204. The van der Waals surface area contributed by atoms with E-state index in [0.717, 1.165) is 12.8 Å². The zero-order valence-electron chi connectivity index (χ0n) is 6.71. The Morgan fingerprint density at radius 2 is 2.36 bits per heavy atom. The van der Waals surface area contributed by atoms with Crippen LogP contribution in [0.2, 0.25) is 0 Å². The molecule has 0 aliphatic carbocycles. The van der Waals surface area contributed by atoms with Crippen LogP contribution in [-0.2, 0) is 4.79 Å². The van der Waals surface area contributed by atoms with Gasteiger partial charge in [0, 0.05) is 12.5 Å². The number of likely N-dealkylation sites (N-methyl/N-ethyl adjacent to an activating group) is 1. The van der Waals surface area contributed by atoms with Gasteiger partial charge in [0.05, 0.1) is 0 Å². The van der Waals surface area contributed by atoms with Crippen molar-refractivity contribution in [2.45, 2.75) is 37.5 Å². The molecule has 0 radical (unpaired) electrons. The van der Waals surface area contributed by atoms with E-state index in [0.29, 0.717) is 18.9 Å². The SMILES string of the molecule is CN1[C@@H]2CCC(=O)[C@@]1(O)CC2. The molecule has 2 heterocycles. The van der Waals surface area contributed by atoms with Gasteiger partial charge in [0.2, 0.25) is 0 Å². The van der Waals surface area contributed by atoms with E-state index in [-0.39, 0.29) is 5.78 Å². The van der Waals surface area contributed by atoms with Gasteiger partial charge in [0.1, 0.15) is 0 Å². The van der Waals surface area contributed by atoms with Gasteiger partial charge in [-0.3, -0.25) is 9.69 Å². The monoisotopic (exact) mass is 155 g/mol. The van der Waals surface area contributed by atoms with E-state index < -0.39 is 5.72 Å². The number of ketones is 1. The minimum absolute atomic E-state index is 0.00810. The maximum atomic E-state index is 11.3. The Labute approximate surface area is 66.0 Å². The summed E-state index contributed by atoms with van der Waals surface area (Å²) in [7, 11) is 1.84. The average molecular weight is 155 g/mol. The lowest BCUT2D eigenvalue weighted by molar-refractivity contribution is -0.160. The largest absolute Gasteiger partial charge is 0.369 e. The molecule has 1 N–H and O–H groups in total. The number of carbonyl (C=O) groups is 1. The predicted molar refractivity (Wildman–Crippen MR) is 40.0 cm³/mol. The van der Waals surface area contributed by atoms with Gasteiger partial charge < -0.3 is 5.11 Å². The molecule has 2 rings (SSSR count). The molecule has 11 heavy (non-hydrogen) atoms. The first kappa shape index (κ1) is 7.25. The smallest absolute Gasteiger partial charge is 0.179 e. The molecule has 2 fully saturated rings. The number of rotatable bonds is 0. The Balaban J connectivity index is 2.33. The molecule has 3 nitrogen and oxygen atoms in total. The molecule has 2 bridgehead atoms. The van der Waals surface area contributed by atoms with Gasteiger partial charge in [-0.1, -0.05) is 0 Å². The van der Waals surface area contributed by atoms with Crippen LogP contribution in [0.25, 0.3) is 0 Å². The van der Waals surface area contributed by atoms with Crippen molar-refractivity contribution < 1.29 is 9.90 Å². The third-order valence-corrected chi connectivity index (χ3v) is 3.11. The van der Waals surface area contributed by atoms with Crippen LogP contribution in [0.4, 0.5) is 0 Å². The highest BCUT2D eigenvalue weighted by Crippen LogP contribution is 2.38. The molecule has 62 valence electrons. The Hall–Kier alpha value is -0.410. The molecule has 0 aromatic rings. The fraction of sp³-hybridized carbons (Fsp3) is 0.875. The Morgan fingerprint density at radius 3 is 3.00 bits per heavy atom. The van der Waals surface area contributed by atoms with Crippen LogP contribution >= 0.6 is 0 Å². The van der Waals surface area contributed by atoms with E-state index in [2.05, 4.69) is 0 Å². The zero-order chi connectivity index (χ0) is 8.06. The van der Waals surface area contributed by atoms with Crippen molar-refractivity contribution in [3.63, 3.8) is 0 Å². The Morgan fingerprint density at radius 1 is 1.64 bits per heavy atom. The maximum Gasteiger partial charge on any atom is 0.179 e. The summed E-state index contributed by atoms with van der Waals surface area (Å²) in [5, 5.41) is 9.84. The van der Waals surface area contributed by atoms with Crippen molar-refractivity contribution in [3.8, 4) is 0 Å². The van der Waals surface area contributed by atoms with Crippen molar-refractivity contribution >= 4 is 5.78 Å². The van der Waals surface area contributed by atoms with E-state index in [1.807, 2.05) is 11.9 Å². The molecule has 0 amide bonds. The molecule has 3 heteroatoms. The van der Waals surface area contributed by atoms with Gasteiger partial charge >= 0.3 is 0 Å². The second-order valence-electron chi connectivity index (χ2n) is 3.58. The highest BCUT2D eigenvalue weighted by atomic mass is 16.3. The lowest BCUT2D eigenvalue weighted by Gasteiger charge is -2.36. The molecular weight excluding hydrogens is 142 g/mol. The molecule has 2 aliphatic rings. The number of Topliss-reactive ketones (excluding diaryl/α,β-unsaturated/α-hetero) is 1. The van der Waals surface area contributed by atoms with Crippen LogP contribution in [-0.4, -0.2) is 34.6 Å². The lowest BCUT2D eigenvalue weighted by Crippen LogP contribution is -2.54. The minimum Gasteiger partial charge on any atom is -0.369 e. The van der Waals surface area contributed by atoms with E-state index >= 15 is 0 Å². The van der Waals surface area contributed by atoms with Crippen molar-refractivity contribution in [3.05, 3.63) is 0 Å². The molecule has 2 saturated heterocycles. The summed E-state index contributed by atoms with van der Waals surface area (Å²) in [4.78, 5) is 13.1. The number of nitrogens with zero attached hydrogens (tertiary/aromatic N) is 1. The molecule has 0 spiro atoms. The van der Waals surface area contributed by atoms with Crippen molar-refractivity contribution in [1.82, 2.24) is 4.90 Å². The summed E-state index contributed by atoms with van der Waals surface area (Å²) in [6, 6.07) is 0.442. The number of fused-ring (bicyclic) bond motifs is 2.